The lowest BCUT2D eigenvalue weighted by atomic mass is 9.83. The summed E-state index contributed by atoms with van der Waals surface area (Å²) in [5.74, 6) is 1.32. The van der Waals surface area contributed by atoms with Gasteiger partial charge in [0.15, 0.2) is 0 Å². The van der Waals surface area contributed by atoms with E-state index in [2.05, 4.69) is 24.1 Å². The number of hydrogen-bond donors (Lipinski definition) is 1. The molecule has 3 fully saturated rings. The number of hydrogen-bond acceptors (Lipinski definition) is 2. The number of carbonyl (C=O) groups is 1. The molecule has 3 nitrogen and oxygen atoms in total. The standard InChI is InChI=1S/C15H26N2O/c1-3-11-5-7-12(8-6-11)17-13(4-2)16-15(9-10-15)14(17)18/h11-13,16H,3-10H2,1-2H3. The fourth-order valence-electron chi connectivity index (χ4n) is 3.87. The SMILES string of the molecule is CCC1CCC(N2C(=O)C3(CC3)NC2CC)CC1. The van der Waals surface area contributed by atoms with E-state index in [0.717, 1.165) is 25.2 Å². The average Bonchev–Trinajstić information content (AvgIpc) is 3.13. The molecule has 1 heterocycles. The van der Waals surface area contributed by atoms with Crippen LogP contribution in [0, 0.1) is 5.92 Å². The summed E-state index contributed by atoms with van der Waals surface area (Å²) < 4.78 is 0. The van der Waals surface area contributed by atoms with Crippen LogP contribution in [0.4, 0.5) is 0 Å². The number of amides is 1. The summed E-state index contributed by atoms with van der Waals surface area (Å²) in [7, 11) is 0. The van der Waals surface area contributed by atoms with Gasteiger partial charge < -0.3 is 4.90 Å². The Hall–Kier alpha value is -0.570. The van der Waals surface area contributed by atoms with Crippen molar-refractivity contribution in [1.82, 2.24) is 10.2 Å². The first-order chi connectivity index (χ1) is 8.70. The van der Waals surface area contributed by atoms with Gasteiger partial charge in [-0.15, -0.1) is 0 Å². The van der Waals surface area contributed by atoms with Crippen LogP contribution in [0.15, 0.2) is 0 Å². The molecule has 1 spiro atoms. The van der Waals surface area contributed by atoms with Gasteiger partial charge in [-0.05, 0) is 50.9 Å². The third-order valence-corrected chi connectivity index (χ3v) is 5.35. The molecule has 2 saturated carbocycles. The second-order valence-corrected chi connectivity index (χ2v) is 6.45. The lowest BCUT2D eigenvalue weighted by Gasteiger charge is -2.37. The molecule has 0 bridgehead atoms. The van der Waals surface area contributed by atoms with E-state index >= 15 is 0 Å². The van der Waals surface area contributed by atoms with Crippen LogP contribution in [0.1, 0.15) is 65.2 Å². The van der Waals surface area contributed by atoms with Crippen molar-refractivity contribution in [3.63, 3.8) is 0 Å². The van der Waals surface area contributed by atoms with Gasteiger partial charge in [0.25, 0.3) is 0 Å². The maximum absolute atomic E-state index is 12.6. The van der Waals surface area contributed by atoms with E-state index in [9.17, 15) is 4.79 Å². The van der Waals surface area contributed by atoms with Crippen molar-refractivity contribution >= 4 is 5.91 Å². The van der Waals surface area contributed by atoms with Crippen LogP contribution < -0.4 is 5.32 Å². The summed E-state index contributed by atoms with van der Waals surface area (Å²) in [6.45, 7) is 4.48. The van der Waals surface area contributed by atoms with E-state index in [1.54, 1.807) is 0 Å². The van der Waals surface area contributed by atoms with Crippen LogP contribution in [-0.4, -0.2) is 28.6 Å². The summed E-state index contributed by atoms with van der Waals surface area (Å²) >= 11 is 0. The van der Waals surface area contributed by atoms with E-state index in [1.165, 1.54) is 32.1 Å². The normalized spacial score (nSPS) is 38.4. The van der Waals surface area contributed by atoms with E-state index in [4.69, 9.17) is 0 Å². The van der Waals surface area contributed by atoms with Crippen LogP contribution in [-0.2, 0) is 4.79 Å². The molecule has 1 saturated heterocycles. The molecule has 3 aliphatic rings. The molecule has 18 heavy (non-hydrogen) atoms. The fraction of sp³-hybridized carbons (Fsp3) is 0.933. The smallest absolute Gasteiger partial charge is 0.244 e. The highest BCUT2D eigenvalue weighted by molar-refractivity contribution is 5.92. The first kappa shape index (κ1) is 12.5. The minimum absolute atomic E-state index is 0.123. The first-order valence-corrected chi connectivity index (χ1v) is 7.80. The molecule has 1 N–H and O–H groups in total. The minimum Gasteiger partial charge on any atom is -0.323 e. The quantitative estimate of drug-likeness (QED) is 0.835. The summed E-state index contributed by atoms with van der Waals surface area (Å²) in [6, 6.07) is 0.512. The van der Waals surface area contributed by atoms with Crippen molar-refractivity contribution in [2.45, 2.75) is 83.0 Å². The van der Waals surface area contributed by atoms with Gasteiger partial charge in [0.2, 0.25) is 5.91 Å². The Morgan fingerprint density at radius 1 is 1.17 bits per heavy atom. The Bertz CT molecular complexity index is 329. The van der Waals surface area contributed by atoms with Gasteiger partial charge in [-0.1, -0.05) is 20.3 Å². The Morgan fingerprint density at radius 3 is 2.33 bits per heavy atom. The molecule has 1 amide bonds. The lowest BCUT2D eigenvalue weighted by Crippen LogP contribution is -2.45. The molecule has 1 unspecified atom stereocenters. The third-order valence-electron chi connectivity index (χ3n) is 5.35. The zero-order chi connectivity index (χ0) is 12.8. The highest BCUT2D eigenvalue weighted by Crippen LogP contribution is 2.45. The van der Waals surface area contributed by atoms with Gasteiger partial charge in [-0.3, -0.25) is 10.1 Å². The molecule has 0 aromatic heterocycles. The predicted octanol–water partition coefficient (Wildman–Crippen LogP) is 2.66. The average molecular weight is 250 g/mol. The summed E-state index contributed by atoms with van der Waals surface area (Å²) in [4.78, 5) is 14.8. The van der Waals surface area contributed by atoms with E-state index in [-0.39, 0.29) is 5.54 Å². The maximum atomic E-state index is 12.6. The Kier molecular flexibility index (Phi) is 3.13. The molecule has 0 radical (unpaired) electrons. The minimum atomic E-state index is -0.123. The molecule has 102 valence electrons. The largest absolute Gasteiger partial charge is 0.323 e. The zero-order valence-electron chi connectivity index (χ0n) is 11.7. The van der Waals surface area contributed by atoms with Crippen LogP contribution in [0.5, 0.6) is 0 Å². The highest BCUT2D eigenvalue weighted by Gasteiger charge is 2.59. The Labute approximate surface area is 110 Å². The van der Waals surface area contributed by atoms with Gasteiger partial charge in [-0.25, -0.2) is 0 Å². The fourth-order valence-corrected chi connectivity index (χ4v) is 3.87. The second-order valence-electron chi connectivity index (χ2n) is 6.45. The van der Waals surface area contributed by atoms with Crippen molar-refractivity contribution < 1.29 is 4.79 Å². The molecule has 1 atom stereocenters. The van der Waals surface area contributed by atoms with Gasteiger partial charge >= 0.3 is 0 Å². The van der Waals surface area contributed by atoms with E-state index in [0.29, 0.717) is 18.1 Å². The Morgan fingerprint density at radius 2 is 1.83 bits per heavy atom. The molecule has 3 rings (SSSR count). The zero-order valence-corrected chi connectivity index (χ0v) is 11.7. The molecule has 0 aromatic carbocycles. The van der Waals surface area contributed by atoms with Crippen LogP contribution in [0.2, 0.25) is 0 Å². The highest BCUT2D eigenvalue weighted by atomic mass is 16.2. The van der Waals surface area contributed by atoms with Crippen molar-refractivity contribution in [3.05, 3.63) is 0 Å². The van der Waals surface area contributed by atoms with Gasteiger partial charge in [0.05, 0.1) is 11.7 Å². The molecule has 1 aliphatic heterocycles. The number of carbonyl (C=O) groups excluding carboxylic acids is 1. The van der Waals surface area contributed by atoms with E-state index < -0.39 is 0 Å². The predicted molar refractivity (Wildman–Crippen MR) is 72.1 cm³/mol. The van der Waals surface area contributed by atoms with Gasteiger partial charge in [0.1, 0.15) is 0 Å². The number of nitrogens with zero attached hydrogens (tertiary/aromatic N) is 1. The number of rotatable bonds is 3. The van der Waals surface area contributed by atoms with Gasteiger partial charge in [-0.2, -0.15) is 0 Å². The molecular formula is C15H26N2O. The van der Waals surface area contributed by atoms with Crippen LogP contribution in [0.3, 0.4) is 0 Å². The first-order valence-electron chi connectivity index (χ1n) is 7.80. The summed E-state index contributed by atoms with van der Waals surface area (Å²) in [6.07, 6.45) is 9.84. The molecule has 3 heteroatoms. The molecular weight excluding hydrogens is 224 g/mol. The second kappa shape index (κ2) is 4.52. The lowest BCUT2D eigenvalue weighted by molar-refractivity contribution is -0.133. The monoisotopic (exact) mass is 250 g/mol. The van der Waals surface area contributed by atoms with Crippen molar-refractivity contribution in [3.8, 4) is 0 Å². The van der Waals surface area contributed by atoms with Gasteiger partial charge in [0, 0.05) is 6.04 Å². The number of nitrogens with one attached hydrogen (secondary N) is 1. The summed E-state index contributed by atoms with van der Waals surface area (Å²) in [5.41, 5.74) is -0.123. The van der Waals surface area contributed by atoms with Crippen molar-refractivity contribution in [1.29, 1.82) is 0 Å². The Balaban J connectivity index is 1.69. The molecule has 0 aromatic rings. The van der Waals surface area contributed by atoms with Crippen molar-refractivity contribution in [2.75, 3.05) is 0 Å². The van der Waals surface area contributed by atoms with E-state index in [1.807, 2.05) is 0 Å². The third kappa shape index (κ3) is 1.87. The maximum Gasteiger partial charge on any atom is 0.244 e. The molecule has 2 aliphatic carbocycles. The topological polar surface area (TPSA) is 32.3 Å². The van der Waals surface area contributed by atoms with Crippen molar-refractivity contribution in [2.24, 2.45) is 5.92 Å². The van der Waals surface area contributed by atoms with Crippen LogP contribution in [0.25, 0.3) is 0 Å². The van der Waals surface area contributed by atoms with Crippen LogP contribution >= 0.6 is 0 Å². The summed E-state index contributed by atoms with van der Waals surface area (Å²) in [5, 5.41) is 3.59.